The molecule has 1 fully saturated rings. The average Bonchev–Trinajstić information content (AvgIpc) is 3.34. The van der Waals surface area contributed by atoms with E-state index in [1.54, 1.807) is 44.7 Å². The maximum Gasteiger partial charge on any atom is 0.416 e. The molecule has 2 aliphatic rings. The number of ether oxygens (including phenoxy) is 2. The molecule has 0 spiro atoms. The van der Waals surface area contributed by atoms with Crippen LogP contribution in [-0.2, 0) is 20.9 Å². The zero-order chi connectivity index (χ0) is 27.7. The highest BCUT2D eigenvalue weighted by molar-refractivity contribution is 7.99. The fraction of sp³-hybridized carbons (Fsp3) is 0.500. The summed E-state index contributed by atoms with van der Waals surface area (Å²) >= 11 is 1.73. The normalized spacial score (nSPS) is 18.6. The number of nitrogens with one attached hydrogen (secondary N) is 1. The number of hydrogen-bond donors (Lipinski definition) is 1. The Morgan fingerprint density at radius 3 is 2.50 bits per heavy atom. The lowest BCUT2D eigenvalue weighted by Crippen LogP contribution is -2.45. The van der Waals surface area contributed by atoms with E-state index in [-0.39, 0.29) is 23.7 Å². The smallest absolute Gasteiger partial charge is 0.416 e. The van der Waals surface area contributed by atoms with E-state index in [1.165, 1.54) is 6.07 Å². The molecule has 2 aromatic carbocycles. The molecule has 0 bridgehead atoms. The molecule has 1 saturated carbocycles. The Bertz CT molecular complexity index is 1270. The van der Waals surface area contributed by atoms with Gasteiger partial charge in [-0.3, -0.25) is 9.62 Å². The summed E-state index contributed by atoms with van der Waals surface area (Å²) in [5, 5.41) is 3.05. The van der Waals surface area contributed by atoms with Crippen molar-refractivity contribution in [3.8, 4) is 5.75 Å². The second-order valence-electron chi connectivity index (χ2n) is 10.4. The molecule has 208 valence electrons. The SMILES string of the molecule is CC(C)(C)OC(=O)Nc1ccc2c(c1)N(S(=O)(=O)c1cccc(C(F)(F)F)c1)CC(CSC1CCCC1)O2. The first-order chi connectivity index (χ1) is 17.7. The highest BCUT2D eigenvalue weighted by atomic mass is 32.2. The summed E-state index contributed by atoms with van der Waals surface area (Å²) in [7, 11) is -4.40. The lowest BCUT2D eigenvalue weighted by atomic mass is 10.2. The largest absolute Gasteiger partial charge is 0.485 e. The molecule has 1 aliphatic carbocycles. The van der Waals surface area contributed by atoms with Crippen LogP contribution in [0.5, 0.6) is 5.75 Å². The zero-order valence-electron chi connectivity index (χ0n) is 21.4. The summed E-state index contributed by atoms with van der Waals surface area (Å²) in [5.74, 6) is 0.801. The van der Waals surface area contributed by atoms with E-state index in [0.29, 0.717) is 17.1 Å². The molecule has 1 amide bonds. The number of carbonyl (C=O) groups is 1. The summed E-state index contributed by atoms with van der Waals surface area (Å²) < 4.78 is 80.0. The van der Waals surface area contributed by atoms with E-state index >= 15 is 0 Å². The monoisotopic (exact) mass is 572 g/mol. The van der Waals surface area contributed by atoms with Gasteiger partial charge in [0.2, 0.25) is 0 Å². The van der Waals surface area contributed by atoms with Crippen LogP contribution < -0.4 is 14.4 Å². The molecule has 1 N–H and O–H groups in total. The molecule has 0 aromatic heterocycles. The minimum atomic E-state index is -4.70. The van der Waals surface area contributed by atoms with Gasteiger partial charge in [0.1, 0.15) is 17.5 Å². The van der Waals surface area contributed by atoms with E-state index in [4.69, 9.17) is 9.47 Å². The lowest BCUT2D eigenvalue weighted by molar-refractivity contribution is -0.137. The third-order valence-electron chi connectivity index (χ3n) is 6.11. The predicted molar refractivity (Wildman–Crippen MR) is 141 cm³/mol. The minimum absolute atomic E-state index is 0.0822. The van der Waals surface area contributed by atoms with Gasteiger partial charge in [-0.2, -0.15) is 24.9 Å². The van der Waals surface area contributed by atoms with Crippen LogP contribution >= 0.6 is 11.8 Å². The topological polar surface area (TPSA) is 84.9 Å². The van der Waals surface area contributed by atoms with Gasteiger partial charge >= 0.3 is 12.3 Å². The molecule has 1 aliphatic heterocycles. The van der Waals surface area contributed by atoms with Crippen molar-refractivity contribution in [2.45, 2.75) is 74.5 Å². The van der Waals surface area contributed by atoms with Gasteiger partial charge in [-0.05, 0) is 70.0 Å². The number of nitrogens with zero attached hydrogens (tertiary/aromatic N) is 1. The highest BCUT2D eigenvalue weighted by Gasteiger charge is 2.37. The van der Waals surface area contributed by atoms with Crippen molar-refractivity contribution >= 4 is 39.3 Å². The first-order valence-corrected chi connectivity index (χ1v) is 14.8. The maximum atomic E-state index is 13.7. The quantitative estimate of drug-likeness (QED) is 0.416. The van der Waals surface area contributed by atoms with Gasteiger partial charge in [0.25, 0.3) is 10.0 Å². The Morgan fingerprint density at radius 1 is 1.13 bits per heavy atom. The van der Waals surface area contributed by atoms with Crippen molar-refractivity contribution in [3.63, 3.8) is 0 Å². The van der Waals surface area contributed by atoms with Crippen LogP contribution in [0.15, 0.2) is 47.4 Å². The number of rotatable bonds is 6. The second-order valence-corrected chi connectivity index (χ2v) is 13.5. The Labute approximate surface area is 225 Å². The van der Waals surface area contributed by atoms with E-state index in [2.05, 4.69) is 5.32 Å². The fourth-order valence-electron chi connectivity index (χ4n) is 4.38. The zero-order valence-corrected chi connectivity index (χ0v) is 23.0. The first kappa shape index (κ1) is 28.4. The van der Waals surface area contributed by atoms with Crippen LogP contribution in [-0.4, -0.2) is 43.8 Å². The Balaban J connectivity index is 1.67. The number of sulfonamides is 1. The molecule has 4 rings (SSSR count). The first-order valence-electron chi connectivity index (χ1n) is 12.3. The number of thioether (sulfide) groups is 1. The molecule has 1 unspecified atom stereocenters. The number of carbonyl (C=O) groups excluding carboxylic acids is 1. The molecule has 7 nitrogen and oxygen atoms in total. The standard InChI is InChI=1S/C26H31F3N2O5S2/c1-25(2,3)36-24(32)30-18-11-12-23-22(14-18)31(15-19(35-23)16-37-20-8-4-5-9-20)38(33,34)21-10-6-7-17(13-21)26(27,28)29/h6-7,10-14,19-20H,4-5,8-9,15-16H2,1-3H3,(H,30,32). The van der Waals surface area contributed by atoms with Gasteiger partial charge in [0.05, 0.1) is 22.7 Å². The number of amides is 1. The Morgan fingerprint density at radius 2 is 1.84 bits per heavy atom. The van der Waals surface area contributed by atoms with Crippen molar-refractivity contribution in [1.82, 2.24) is 0 Å². The van der Waals surface area contributed by atoms with E-state index < -0.39 is 44.5 Å². The van der Waals surface area contributed by atoms with Crippen molar-refractivity contribution in [2.75, 3.05) is 21.9 Å². The van der Waals surface area contributed by atoms with Gasteiger partial charge in [-0.25, -0.2) is 13.2 Å². The van der Waals surface area contributed by atoms with Crippen molar-refractivity contribution in [2.24, 2.45) is 0 Å². The lowest BCUT2D eigenvalue weighted by Gasteiger charge is -2.36. The van der Waals surface area contributed by atoms with Gasteiger partial charge in [-0.15, -0.1) is 0 Å². The number of benzene rings is 2. The van der Waals surface area contributed by atoms with Crippen LogP contribution in [0.3, 0.4) is 0 Å². The summed E-state index contributed by atoms with van der Waals surface area (Å²) in [6.45, 7) is 5.04. The summed E-state index contributed by atoms with van der Waals surface area (Å²) in [6, 6.07) is 8.21. The van der Waals surface area contributed by atoms with Crippen LogP contribution in [0.25, 0.3) is 0 Å². The molecule has 2 aromatic rings. The number of anilines is 2. The molecular formula is C26H31F3N2O5S2. The maximum absolute atomic E-state index is 13.7. The Hall–Kier alpha value is -2.60. The number of halogens is 3. The van der Waals surface area contributed by atoms with Crippen LogP contribution in [0.4, 0.5) is 29.3 Å². The van der Waals surface area contributed by atoms with Crippen molar-refractivity contribution in [1.29, 1.82) is 0 Å². The molecule has 0 radical (unpaired) electrons. The van der Waals surface area contributed by atoms with Gasteiger partial charge < -0.3 is 9.47 Å². The molecule has 38 heavy (non-hydrogen) atoms. The fourth-order valence-corrected chi connectivity index (χ4v) is 7.26. The summed E-state index contributed by atoms with van der Waals surface area (Å²) in [4.78, 5) is 11.8. The summed E-state index contributed by atoms with van der Waals surface area (Å²) in [5.41, 5.74) is -1.42. The third-order valence-corrected chi connectivity index (χ3v) is 9.39. The predicted octanol–water partition coefficient (Wildman–Crippen LogP) is 6.68. The molecular weight excluding hydrogens is 541 g/mol. The minimum Gasteiger partial charge on any atom is -0.485 e. The van der Waals surface area contributed by atoms with E-state index in [0.717, 1.165) is 48.2 Å². The second kappa shape index (κ2) is 10.9. The van der Waals surface area contributed by atoms with Crippen molar-refractivity contribution < 1.29 is 35.9 Å². The van der Waals surface area contributed by atoms with Crippen molar-refractivity contribution in [3.05, 3.63) is 48.0 Å². The number of fused-ring (bicyclic) bond motifs is 1. The summed E-state index contributed by atoms with van der Waals surface area (Å²) in [6.07, 6.45) is -1.41. The van der Waals surface area contributed by atoms with E-state index in [9.17, 15) is 26.4 Å². The van der Waals surface area contributed by atoms with E-state index in [1.807, 2.05) is 0 Å². The van der Waals surface area contributed by atoms with Crippen LogP contribution in [0.2, 0.25) is 0 Å². The number of hydrogen-bond acceptors (Lipinski definition) is 6. The molecule has 12 heteroatoms. The molecule has 0 saturated heterocycles. The molecule has 1 heterocycles. The number of alkyl halides is 3. The van der Waals surface area contributed by atoms with Gasteiger partial charge in [0, 0.05) is 16.7 Å². The highest BCUT2D eigenvalue weighted by Crippen LogP contribution is 2.41. The van der Waals surface area contributed by atoms with Crippen LogP contribution in [0.1, 0.15) is 52.0 Å². The van der Waals surface area contributed by atoms with Crippen LogP contribution in [0, 0.1) is 0 Å². The third kappa shape index (κ3) is 6.88. The average molecular weight is 573 g/mol. The van der Waals surface area contributed by atoms with Gasteiger partial charge in [-0.1, -0.05) is 18.9 Å². The Kier molecular flexibility index (Phi) is 8.13. The molecule has 1 atom stereocenters. The van der Waals surface area contributed by atoms with Gasteiger partial charge in [0.15, 0.2) is 0 Å².